The molecular formula is C12H19N3O4. The summed E-state index contributed by atoms with van der Waals surface area (Å²) in [5, 5.41) is 15.4. The first-order chi connectivity index (χ1) is 8.93. The number of nitrogens with zero attached hydrogens (tertiary/aromatic N) is 2. The van der Waals surface area contributed by atoms with Gasteiger partial charge in [0, 0.05) is 20.2 Å². The Kier molecular flexibility index (Phi) is 5.50. The zero-order valence-electron chi connectivity index (χ0n) is 11.3. The van der Waals surface area contributed by atoms with Crippen LogP contribution in [0.25, 0.3) is 0 Å². The largest absolute Gasteiger partial charge is 0.478 e. The van der Waals surface area contributed by atoms with E-state index >= 15 is 0 Å². The van der Waals surface area contributed by atoms with E-state index in [4.69, 9.17) is 9.84 Å². The van der Waals surface area contributed by atoms with Crippen molar-refractivity contribution in [2.75, 3.05) is 13.2 Å². The summed E-state index contributed by atoms with van der Waals surface area (Å²) in [5.41, 5.74) is -0.0456. The van der Waals surface area contributed by atoms with Crippen LogP contribution in [0.5, 0.6) is 0 Å². The molecule has 0 saturated heterocycles. The average molecular weight is 269 g/mol. The molecular weight excluding hydrogens is 250 g/mol. The third-order valence-electron chi connectivity index (χ3n) is 2.44. The molecule has 0 aliphatic carbocycles. The summed E-state index contributed by atoms with van der Waals surface area (Å²) in [7, 11) is 1.53. The molecule has 2 N–H and O–H groups in total. The van der Waals surface area contributed by atoms with Gasteiger partial charge in [0.05, 0.1) is 12.3 Å². The minimum Gasteiger partial charge on any atom is -0.478 e. The molecule has 0 aliphatic rings. The maximum Gasteiger partial charge on any atom is 0.339 e. The van der Waals surface area contributed by atoms with Crippen molar-refractivity contribution in [2.45, 2.75) is 26.4 Å². The van der Waals surface area contributed by atoms with Crippen LogP contribution < -0.4 is 5.32 Å². The molecule has 0 saturated carbocycles. The van der Waals surface area contributed by atoms with E-state index in [9.17, 15) is 9.59 Å². The van der Waals surface area contributed by atoms with E-state index in [1.807, 2.05) is 13.8 Å². The van der Waals surface area contributed by atoms with E-state index in [-0.39, 0.29) is 17.4 Å². The summed E-state index contributed by atoms with van der Waals surface area (Å²) < 4.78 is 6.59. The van der Waals surface area contributed by atoms with Crippen molar-refractivity contribution >= 4 is 11.9 Å². The van der Waals surface area contributed by atoms with E-state index in [1.54, 1.807) is 0 Å². The van der Waals surface area contributed by atoms with Gasteiger partial charge in [0.2, 0.25) is 0 Å². The quantitative estimate of drug-likeness (QED) is 0.709. The van der Waals surface area contributed by atoms with Crippen molar-refractivity contribution in [3.8, 4) is 0 Å². The number of hydrogen-bond acceptors (Lipinski definition) is 4. The Labute approximate surface area is 111 Å². The first-order valence-corrected chi connectivity index (χ1v) is 6.08. The van der Waals surface area contributed by atoms with Gasteiger partial charge in [-0.1, -0.05) is 0 Å². The van der Waals surface area contributed by atoms with Gasteiger partial charge in [-0.2, -0.15) is 5.10 Å². The van der Waals surface area contributed by atoms with Crippen LogP contribution in [0.2, 0.25) is 0 Å². The first-order valence-electron chi connectivity index (χ1n) is 6.08. The number of carboxylic acid groups (broad SMARTS) is 1. The molecule has 0 unspecified atom stereocenters. The van der Waals surface area contributed by atoms with Crippen molar-refractivity contribution in [1.29, 1.82) is 0 Å². The molecule has 7 nitrogen and oxygen atoms in total. The summed E-state index contributed by atoms with van der Waals surface area (Å²) in [4.78, 5) is 22.8. The van der Waals surface area contributed by atoms with Gasteiger partial charge in [-0.05, 0) is 20.3 Å². The van der Waals surface area contributed by atoms with E-state index in [2.05, 4.69) is 10.4 Å². The van der Waals surface area contributed by atoms with Crippen LogP contribution in [0.3, 0.4) is 0 Å². The van der Waals surface area contributed by atoms with Crippen molar-refractivity contribution in [3.05, 3.63) is 17.5 Å². The van der Waals surface area contributed by atoms with Crippen LogP contribution in [0.4, 0.5) is 0 Å². The lowest BCUT2D eigenvalue weighted by molar-refractivity contribution is 0.0687. The first kappa shape index (κ1) is 15.2. The predicted molar refractivity (Wildman–Crippen MR) is 68.2 cm³/mol. The summed E-state index contributed by atoms with van der Waals surface area (Å²) in [6, 6.07) is 0. The van der Waals surface area contributed by atoms with E-state index < -0.39 is 11.9 Å². The fourth-order valence-electron chi connectivity index (χ4n) is 1.54. The van der Waals surface area contributed by atoms with Gasteiger partial charge >= 0.3 is 5.97 Å². The lowest BCUT2D eigenvalue weighted by Crippen LogP contribution is -2.29. The highest BCUT2D eigenvalue weighted by Crippen LogP contribution is 2.07. The Balaban J connectivity index is 2.50. The van der Waals surface area contributed by atoms with E-state index in [1.165, 1.54) is 17.9 Å². The van der Waals surface area contributed by atoms with Gasteiger partial charge < -0.3 is 15.2 Å². The number of aromatic carboxylic acids is 1. The maximum atomic E-state index is 11.9. The zero-order chi connectivity index (χ0) is 14.4. The number of aromatic nitrogens is 2. The summed E-state index contributed by atoms with van der Waals surface area (Å²) >= 11 is 0. The van der Waals surface area contributed by atoms with Gasteiger partial charge in [-0.15, -0.1) is 0 Å². The third-order valence-corrected chi connectivity index (χ3v) is 2.44. The predicted octanol–water partition coefficient (Wildman–Crippen LogP) is 0.663. The minimum absolute atomic E-state index is 0.0530. The molecule has 0 aromatic carbocycles. The number of aryl methyl sites for hydroxylation is 1. The molecule has 7 heteroatoms. The molecule has 0 spiro atoms. The number of amides is 1. The lowest BCUT2D eigenvalue weighted by atomic mass is 10.2. The second-order valence-electron chi connectivity index (χ2n) is 4.36. The number of ether oxygens (including phenoxy) is 1. The molecule has 0 aliphatic heterocycles. The second-order valence-corrected chi connectivity index (χ2v) is 4.36. The smallest absolute Gasteiger partial charge is 0.339 e. The van der Waals surface area contributed by atoms with Crippen molar-refractivity contribution in [3.63, 3.8) is 0 Å². The summed E-state index contributed by atoms with van der Waals surface area (Å²) in [6.45, 7) is 4.85. The summed E-state index contributed by atoms with van der Waals surface area (Å²) in [6.07, 6.45) is 2.00. The van der Waals surface area contributed by atoms with E-state index in [0.29, 0.717) is 19.6 Å². The third kappa shape index (κ3) is 4.36. The SMILES string of the molecule is CC(C)OCCCNC(=O)c1c(C(=O)O)cnn1C. The normalized spacial score (nSPS) is 10.7. The molecule has 0 fully saturated rings. The molecule has 1 amide bonds. The standard InChI is InChI=1S/C12H19N3O4/c1-8(2)19-6-4-5-13-11(16)10-9(12(17)18)7-14-15(10)3/h7-8H,4-6H2,1-3H3,(H,13,16)(H,17,18). The number of rotatable bonds is 7. The number of nitrogens with one attached hydrogen (secondary N) is 1. The van der Waals surface area contributed by atoms with Crippen molar-refractivity contribution in [1.82, 2.24) is 15.1 Å². The van der Waals surface area contributed by atoms with Crippen molar-refractivity contribution in [2.24, 2.45) is 7.05 Å². The Bertz CT molecular complexity index is 454. The second kappa shape index (κ2) is 6.89. The van der Waals surface area contributed by atoms with Gasteiger partial charge in [-0.3, -0.25) is 9.48 Å². The molecule has 106 valence electrons. The van der Waals surface area contributed by atoms with Crippen LogP contribution in [-0.4, -0.2) is 46.0 Å². The van der Waals surface area contributed by atoms with Gasteiger partial charge in [0.25, 0.3) is 5.91 Å². The molecule has 0 bridgehead atoms. The molecule has 0 radical (unpaired) electrons. The monoisotopic (exact) mass is 269 g/mol. The Morgan fingerprint density at radius 1 is 1.53 bits per heavy atom. The van der Waals surface area contributed by atoms with Gasteiger partial charge in [-0.25, -0.2) is 4.79 Å². The van der Waals surface area contributed by atoms with Crippen LogP contribution in [-0.2, 0) is 11.8 Å². The summed E-state index contributed by atoms with van der Waals surface area (Å²) in [5.74, 6) is -1.61. The number of carboxylic acids is 1. The number of hydrogen-bond donors (Lipinski definition) is 2. The molecule has 1 aromatic rings. The highest BCUT2D eigenvalue weighted by Gasteiger charge is 2.20. The molecule has 0 atom stereocenters. The van der Waals surface area contributed by atoms with Gasteiger partial charge in [0.1, 0.15) is 11.3 Å². The molecule has 19 heavy (non-hydrogen) atoms. The number of carbonyl (C=O) groups is 2. The highest BCUT2D eigenvalue weighted by atomic mass is 16.5. The average Bonchev–Trinajstić information content (AvgIpc) is 2.70. The minimum atomic E-state index is -1.17. The zero-order valence-corrected chi connectivity index (χ0v) is 11.3. The van der Waals surface area contributed by atoms with Crippen LogP contribution in [0.1, 0.15) is 41.1 Å². The number of carbonyl (C=O) groups excluding carboxylic acids is 1. The van der Waals surface area contributed by atoms with Crippen LogP contribution >= 0.6 is 0 Å². The van der Waals surface area contributed by atoms with Gasteiger partial charge in [0.15, 0.2) is 0 Å². The Morgan fingerprint density at radius 2 is 2.21 bits per heavy atom. The maximum absolute atomic E-state index is 11.9. The van der Waals surface area contributed by atoms with Crippen molar-refractivity contribution < 1.29 is 19.4 Å². The van der Waals surface area contributed by atoms with Crippen LogP contribution in [0, 0.1) is 0 Å². The molecule has 1 heterocycles. The fourth-order valence-corrected chi connectivity index (χ4v) is 1.54. The van der Waals surface area contributed by atoms with Crippen LogP contribution in [0.15, 0.2) is 6.20 Å². The Morgan fingerprint density at radius 3 is 2.79 bits per heavy atom. The lowest BCUT2D eigenvalue weighted by Gasteiger charge is -2.08. The Hall–Kier alpha value is -1.89. The fraction of sp³-hybridized carbons (Fsp3) is 0.583. The topological polar surface area (TPSA) is 93.4 Å². The molecule has 1 rings (SSSR count). The highest BCUT2D eigenvalue weighted by molar-refractivity contribution is 6.03. The molecule has 1 aromatic heterocycles. The van der Waals surface area contributed by atoms with E-state index in [0.717, 1.165) is 0 Å².